The smallest absolute Gasteiger partial charge is 0.337 e. The summed E-state index contributed by atoms with van der Waals surface area (Å²) in [4.78, 5) is 22.1. The Morgan fingerprint density at radius 2 is 2.00 bits per heavy atom. The van der Waals surface area contributed by atoms with Crippen molar-refractivity contribution in [1.29, 1.82) is 0 Å². The fourth-order valence-corrected chi connectivity index (χ4v) is 2.65. The highest BCUT2D eigenvalue weighted by Gasteiger charge is 2.13. The fourth-order valence-electron chi connectivity index (χ4n) is 2.65. The number of anilines is 2. The lowest BCUT2D eigenvalue weighted by molar-refractivity contribution is 0.0398. The lowest BCUT2D eigenvalue weighted by Gasteiger charge is -2.26. The first-order valence-corrected chi connectivity index (χ1v) is 8.68. The molecule has 0 spiro atoms. The van der Waals surface area contributed by atoms with Crippen LogP contribution in [0, 0.1) is 0 Å². The summed E-state index contributed by atoms with van der Waals surface area (Å²) < 4.78 is 15.7. The van der Waals surface area contributed by atoms with Crippen molar-refractivity contribution in [3.63, 3.8) is 0 Å². The Bertz CT molecular complexity index is 763. The maximum atomic E-state index is 11.5. The van der Waals surface area contributed by atoms with Gasteiger partial charge in [-0.2, -0.15) is 4.98 Å². The van der Waals surface area contributed by atoms with Crippen molar-refractivity contribution in [2.75, 3.05) is 57.6 Å². The summed E-state index contributed by atoms with van der Waals surface area (Å²) in [6.45, 7) is 4.96. The van der Waals surface area contributed by atoms with Gasteiger partial charge in [0.2, 0.25) is 5.88 Å². The van der Waals surface area contributed by atoms with E-state index in [1.807, 2.05) is 0 Å². The molecule has 9 heteroatoms. The van der Waals surface area contributed by atoms with E-state index in [9.17, 15) is 4.79 Å². The lowest BCUT2D eigenvalue weighted by Crippen LogP contribution is -2.39. The lowest BCUT2D eigenvalue weighted by atomic mass is 10.2. The van der Waals surface area contributed by atoms with Gasteiger partial charge in [-0.3, -0.25) is 4.90 Å². The molecule has 3 N–H and O–H groups in total. The van der Waals surface area contributed by atoms with Crippen molar-refractivity contribution in [2.24, 2.45) is 0 Å². The molecule has 27 heavy (non-hydrogen) atoms. The average molecular weight is 373 g/mol. The Morgan fingerprint density at radius 1 is 1.26 bits per heavy atom. The number of rotatable bonds is 7. The molecule has 1 aromatic heterocycles. The van der Waals surface area contributed by atoms with Gasteiger partial charge < -0.3 is 25.3 Å². The number of methoxy groups -OCH3 is 1. The van der Waals surface area contributed by atoms with Gasteiger partial charge in [-0.25, -0.2) is 9.78 Å². The van der Waals surface area contributed by atoms with Crippen LogP contribution >= 0.6 is 0 Å². The van der Waals surface area contributed by atoms with Crippen LogP contribution in [0.3, 0.4) is 0 Å². The highest BCUT2D eigenvalue weighted by Crippen LogP contribution is 2.29. The number of benzene rings is 1. The highest BCUT2D eigenvalue weighted by atomic mass is 16.5. The minimum Gasteiger partial charge on any atom is -0.465 e. The molecule has 0 bridgehead atoms. The van der Waals surface area contributed by atoms with E-state index in [0.717, 1.165) is 32.8 Å². The summed E-state index contributed by atoms with van der Waals surface area (Å²) in [5.74, 6) is 0.881. The first-order valence-electron chi connectivity index (χ1n) is 8.68. The van der Waals surface area contributed by atoms with Crippen LogP contribution in [0.2, 0.25) is 0 Å². The van der Waals surface area contributed by atoms with Gasteiger partial charge in [-0.05, 0) is 24.3 Å². The molecule has 1 aromatic carbocycles. The number of hydrogen-bond acceptors (Lipinski definition) is 9. The van der Waals surface area contributed by atoms with E-state index in [-0.39, 0.29) is 5.88 Å². The molecule has 144 valence electrons. The van der Waals surface area contributed by atoms with Crippen molar-refractivity contribution in [3.8, 4) is 11.6 Å². The second-order valence-electron chi connectivity index (χ2n) is 5.94. The molecule has 0 aliphatic carbocycles. The normalized spacial score (nSPS) is 14.6. The summed E-state index contributed by atoms with van der Waals surface area (Å²) in [5, 5.41) is 3.22. The zero-order valence-corrected chi connectivity index (χ0v) is 15.2. The first kappa shape index (κ1) is 18.9. The van der Waals surface area contributed by atoms with Gasteiger partial charge in [-0.15, -0.1) is 0 Å². The molecular formula is C18H23N5O4. The van der Waals surface area contributed by atoms with Crippen LogP contribution in [0.5, 0.6) is 11.6 Å². The molecule has 2 aromatic rings. The number of aromatic nitrogens is 2. The number of esters is 1. The minimum atomic E-state index is -0.408. The van der Waals surface area contributed by atoms with E-state index in [2.05, 4.69) is 24.9 Å². The quantitative estimate of drug-likeness (QED) is 0.695. The molecule has 1 fully saturated rings. The molecular weight excluding hydrogens is 350 g/mol. The number of carbonyl (C=O) groups excluding carboxylic acids is 1. The van der Waals surface area contributed by atoms with Crippen LogP contribution in [-0.4, -0.2) is 67.3 Å². The predicted molar refractivity (Wildman–Crippen MR) is 100 cm³/mol. The molecule has 0 radical (unpaired) electrons. The minimum absolute atomic E-state index is 0.254. The van der Waals surface area contributed by atoms with Crippen LogP contribution in [0.4, 0.5) is 11.5 Å². The monoisotopic (exact) mass is 373 g/mol. The summed E-state index contributed by atoms with van der Waals surface area (Å²) in [6.07, 6.45) is 1.39. The molecule has 1 aliphatic rings. The second kappa shape index (κ2) is 9.15. The fraction of sp³-hybridized carbons (Fsp3) is 0.389. The van der Waals surface area contributed by atoms with E-state index in [1.54, 1.807) is 24.3 Å². The average Bonchev–Trinajstić information content (AvgIpc) is 2.71. The van der Waals surface area contributed by atoms with Crippen molar-refractivity contribution in [2.45, 2.75) is 0 Å². The van der Waals surface area contributed by atoms with E-state index >= 15 is 0 Å². The number of nitrogens with two attached hydrogens (primary N) is 1. The van der Waals surface area contributed by atoms with Crippen molar-refractivity contribution >= 4 is 17.5 Å². The molecule has 1 aliphatic heterocycles. The van der Waals surface area contributed by atoms with Crippen molar-refractivity contribution in [3.05, 3.63) is 36.2 Å². The standard InChI is InChI=1S/C18H23N5O4/c1-25-18(24)13-2-4-14(5-3-13)27-17-15(19)16(21-12-22-17)20-6-7-23-8-10-26-11-9-23/h2-5,12H,6-11,19H2,1H3,(H,20,21,22). The zero-order valence-electron chi connectivity index (χ0n) is 15.2. The molecule has 0 amide bonds. The molecule has 0 atom stereocenters. The molecule has 1 saturated heterocycles. The Balaban J connectivity index is 1.59. The number of nitrogens with one attached hydrogen (secondary N) is 1. The molecule has 3 rings (SSSR count). The van der Waals surface area contributed by atoms with Gasteiger partial charge in [0.1, 0.15) is 17.8 Å². The molecule has 9 nitrogen and oxygen atoms in total. The Morgan fingerprint density at radius 3 is 2.70 bits per heavy atom. The van der Waals surface area contributed by atoms with Gasteiger partial charge in [0, 0.05) is 26.2 Å². The van der Waals surface area contributed by atoms with Gasteiger partial charge >= 0.3 is 5.97 Å². The summed E-state index contributed by atoms with van der Waals surface area (Å²) >= 11 is 0. The number of ether oxygens (including phenoxy) is 3. The number of nitrogen functional groups attached to an aromatic ring is 1. The van der Waals surface area contributed by atoms with Gasteiger partial charge in [0.05, 0.1) is 25.9 Å². The predicted octanol–water partition coefficient (Wildman–Crippen LogP) is 1.38. The first-order chi connectivity index (χ1) is 13.2. The SMILES string of the molecule is COC(=O)c1ccc(Oc2ncnc(NCCN3CCOCC3)c2N)cc1. The van der Waals surface area contributed by atoms with Crippen LogP contribution in [0.25, 0.3) is 0 Å². The van der Waals surface area contributed by atoms with Crippen molar-refractivity contribution in [1.82, 2.24) is 14.9 Å². The number of nitrogens with zero attached hydrogens (tertiary/aromatic N) is 3. The number of hydrogen-bond donors (Lipinski definition) is 2. The van der Waals surface area contributed by atoms with Crippen LogP contribution in [0.1, 0.15) is 10.4 Å². The van der Waals surface area contributed by atoms with E-state index in [1.165, 1.54) is 13.4 Å². The third-order valence-electron chi connectivity index (χ3n) is 4.16. The molecule has 0 saturated carbocycles. The van der Waals surface area contributed by atoms with Gasteiger partial charge in [0.15, 0.2) is 5.82 Å². The van der Waals surface area contributed by atoms with Gasteiger partial charge in [0.25, 0.3) is 0 Å². The van der Waals surface area contributed by atoms with E-state index in [0.29, 0.717) is 29.4 Å². The van der Waals surface area contributed by atoms with Gasteiger partial charge in [-0.1, -0.05) is 0 Å². The highest BCUT2D eigenvalue weighted by molar-refractivity contribution is 5.89. The van der Waals surface area contributed by atoms with E-state index < -0.39 is 5.97 Å². The zero-order chi connectivity index (χ0) is 19.1. The number of carbonyl (C=O) groups is 1. The Labute approximate surface area is 157 Å². The Hall–Kier alpha value is -2.91. The summed E-state index contributed by atoms with van der Waals surface area (Å²) in [7, 11) is 1.34. The van der Waals surface area contributed by atoms with Crippen LogP contribution in [0.15, 0.2) is 30.6 Å². The van der Waals surface area contributed by atoms with Crippen LogP contribution < -0.4 is 15.8 Å². The summed E-state index contributed by atoms with van der Waals surface area (Å²) in [5.41, 5.74) is 6.90. The largest absolute Gasteiger partial charge is 0.465 e. The molecule has 2 heterocycles. The third-order valence-corrected chi connectivity index (χ3v) is 4.16. The molecule has 0 unspecified atom stereocenters. The second-order valence-corrected chi connectivity index (χ2v) is 5.94. The maximum absolute atomic E-state index is 11.5. The maximum Gasteiger partial charge on any atom is 0.337 e. The third kappa shape index (κ3) is 5.05. The van der Waals surface area contributed by atoms with E-state index in [4.69, 9.17) is 15.2 Å². The summed E-state index contributed by atoms with van der Waals surface area (Å²) in [6, 6.07) is 6.53. The number of morpholine rings is 1. The van der Waals surface area contributed by atoms with Crippen LogP contribution in [-0.2, 0) is 9.47 Å². The topological polar surface area (TPSA) is 112 Å². The van der Waals surface area contributed by atoms with Crippen molar-refractivity contribution < 1.29 is 19.0 Å². The Kier molecular flexibility index (Phi) is 6.39.